The van der Waals surface area contributed by atoms with Gasteiger partial charge in [0.1, 0.15) is 6.61 Å². The molecule has 0 aliphatic carbocycles. The summed E-state index contributed by atoms with van der Waals surface area (Å²) in [5.41, 5.74) is 0. The molecule has 0 aromatic carbocycles. The van der Waals surface area contributed by atoms with Crippen molar-refractivity contribution in [2.75, 3.05) is 6.61 Å². The second kappa shape index (κ2) is 10.5. The topological polar surface area (TPSA) is 63.6 Å². The molecule has 0 saturated carbocycles. The fourth-order valence-corrected chi connectivity index (χ4v) is 1.37. The first-order chi connectivity index (χ1) is 7.66. The lowest BCUT2D eigenvalue weighted by Crippen LogP contribution is -2.08. The first-order valence-electron chi connectivity index (χ1n) is 6.04. The summed E-state index contributed by atoms with van der Waals surface area (Å²) in [6.07, 6.45) is 7.05. The van der Waals surface area contributed by atoms with Crippen LogP contribution >= 0.6 is 0 Å². The number of carbonyl (C=O) groups is 2. The average molecular weight is 230 g/mol. The summed E-state index contributed by atoms with van der Waals surface area (Å²) < 4.78 is 4.76. The van der Waals surface area contributed by atoms with Crippen LogP contribution in [0.2, 0.25) is 0 Å². The molecular weight excluding hydrogens is 208 g/mol. The molecule has 0 spiro atoms. The molecule has 1 N–H and O–H groups in total. The standard InChI is InChI=1S/C12H22O4/c1-2-3-4-5-6-7-8-12(15)16-10-9-11(13)14/h2-10H2,1H3,(H,13,14). The van der Waals surface area contributed by atoms with Crippen molar-refractivity contribution < 1.29 is 19.4 Å². The number of carboxylic acids is 1. The highest BCUT2D eigenvalue weighted by Gasteiger charge is 2.04. The van der Waals surface area contributed by atoms with Gasteiger partial charge in [-0.3, -0.25) is 9.59 Å². The molecule has 94 valence electrons. The number of carboxylic acid groups (broad SMARTS) is 1. The van der Waals surface area contributed by atoms with Crippen LogP contribution in [-0.2, 0) is 14.3 Å². The zero-order chi connectivity index (χ0) is 12.2. The Kier molecular flexibility index (Phi) is 9.76. The lowest BCUT2D eigenvalue weighted by Gasteiger charge is -2.03. The van der Waals surface area contributed by atoms with Gasteiger partial charge >= 0.3 is 11.9 Å². The molecule has 0 aromatic heterocycles. The fraction of sp³-hybridized carbons (Fsp3) is 0.833. The highest BCUT2D eigenvalue weighted by atomic mass is 16.5. The van der Waals surface area contributed by atoms with E-state index in [1.165, 1.54) is 19.3 Å². The van der Waals surface area contributed by atoms with E-state index in [1.54, 1.807) is 0 Å². The van der Waals surface area contributed by atoms with Crippen molar-refractivity contribution >= 4 is 11.9 Å². The van der Waals surface area contributed by atoms with Gasteiger partial charge in [-0.1, -0.05) is 39.0 Å². The van der Waals surface area contributed by atoms with Crippen molar-refractivity contribution in [3.05, 3.63) is 0 Å². The summed E-state index contributed by atoms with van der Waals surface area (Å²) >= 11 is 0. The van der Waals surface area contributed by atoms with Gasteiger partial charge in [-0.2, -0.15) is 0 Å². The van der Waals surface area contributed by atoms with E-state index in [1.807, 2.05) is 0 Å². The molecule has 0 fully saturated rings. The summed E-state index contributed by atoms with van der Waals surface area (Å²) in [5.74, 6) is -1.22. The number of esters is 1. The Morgan fingerprint density at radius 1 is 1.00 bits per heavy atom. The predicted molar refractivity (Wildman–Crippen MR) is 61.2 cm³/mol. The molecule has 0 bridgehead atoms. The zero-order valence-corrected chi connectivity index (χ0v) is 10.0. The smallest absolute Gasteiger partial charge is 0.306 e. The number of unbranched alkanes of at least 4 members (excludes halogenated alkanes) is 5. The van der Waals surface area contributed by atoms with Crippen LogP contribution in [0.15, 0.2) is 0 Å². The van der Waals surface area contributed by atoms with Gasteiger partial charge in [-0.25, -0.2) is 0 Å². The van der Waals surface area contributed by atoms with E-state index in [0.29, 0.717) is 6.42 Å². The van der Waals surface area contributed by atoms with Crippen molar-refractivity contribution in [2.45, 2.75) is 58.3 Å². The number of hydrogen-bond donors (Lipinski definition) is 1. The van der Waals surface area contributed by atoms with Gasteiger partial charge in [0.15, 0.2) is 0 Å². The summed E-state index contributed by atoms with van der Waals surface area (Å²) in [7, 11) is 0. The second-order valence-electron chi connectivity index (χ2n) is 3.88. The molecule has 16 heavy (non-hydrogen) atoms. The molecule has 0 amide bonds. The Hall–Kier alpha value is -1.06. The number of hydrogen-bond acceptors (Lipinski definition) is 3. The van der Waals surface area contributed by atoms with Gasteiger partial charge in [0.2, 0.25) is 0 Å². The normalized spacial score (nSPS) is 10.1. The number of aliphatic carboxylic acids is 1. The molecule has 0 rings (SSSR count). The monoisotopic (exact) mass is 230 g/mol. The lowest BCUT2D eigenvalue weighted by atomic mass is 10.1. The first kappa shape index (κ1) is 14.9. The molecule has 0 saturated heterocycles. The van der Waals surface area contributed by atoms with Crippen LogP contribution in [0.3, 0.4) is 0 Å². The average Bonchev–Trinajstić information content (AvgIpc) is 2.22. The van der Waals surface area contributed by atoms with E-state index in [4.69, 9.17) is 9.84 Å². The predicted octanol–water partition coefficient (Wildman–Crippen LogP) is 2.75. The van der Waals surface area contributed by atoms with E-state index in [0.717, 1.165) is 19.3 Å². The van der Waals surface area contributed by atoms with Gasteiger partial charge in [-0.05, 0) is 6.42 Å². The summed E-state index contributed by atoms with van der Waals surface area (Å²) in [5, 5.41) is 8.33. The zero-order valence-electron chi connectivity index (χ0n) is 10.0. The maximum atomic E-state index is 11.1. The van der Waals surface area contributed by atoms with Gasteiger partial charge in [0.05, 0.1) is 6.42 Å². The largest absolute Gasteiger partial charge is 0.481 e. The van der Waals surface area contributed by atoms with Gasteiger partial charge < -0.3 is 9.84 Å². The quantitative estimate of drug-likeness (QED) is 0.463. The fourth-order valence-electron chi connectivity index (χ4n) is 1.37. The maximum absolute atomic E-state index is 11.1. The molecule has 0 aromatic rings. The van der Waals surface area contributed by atoms with Gasteiger partial charge in [-0.15, -0.1) is 0 Å². The number of ether oxygens (including phenoxy) is 1. The maximum Gasteiger partial charge on any atom is 0.306 e. The number of carbonyl (C=O) groups excluding carboxylic acids is 1. The first-order valence-corrected chi connectivity index (χ1v) is 6.04. The Morgan fingerprint density at radius 2 is 1.62 bits per heavy atom. The highest BCUT2D eigenvalue weighted by molar-refractivity contribution is 5.70. The molecular formula is C12H22O4. The summed E-state index contributed by atoms with van der Waals surface area (Å²) in [6, 6.07) is 0. The van der Waals surface area contributed by atoms with Crippen LogP contribution in [0.4, 0.5) is 0 Å². The SMILES string of the molecule is CCCCCCCCC(=O)OCCC(=O)O. The van der Waals surface area contributed by atoms with Crippen LogP contribution in [0.25, 0.3) is 0 Å². The molecule has 0 radical (unpaired) electrons. The minimum Gasteiger partial charge on any atom is -0.481 e. The Balaban J connectivity index is 3.20. The third-order valence-corrected chi connectivity index (χ3v) is 2.31. The van der Waals surface area contributed by atoms with Crippen LogP contribution in [-0.4, -0.2) is 23.7 Å². The molecule has 4 nitrogen and oxygen atoms in total. The van der Waals surface area contributed by atoms with Crippen LogP contribution in [0.5, 0.6) is 0 Å². The molecule has 4 heteroatoms. The third kappa shape index (κ3) is 11.0. The van der Waals surface area contributed by atoms with Crippen molar-refractivity contribution in [3.8, 4) is 0 Å². The molecule has 0 aliphatic heterocycles. The Bertz CT molecular complexity index is 201. The molecule has 0 aliphatic rings. The van der Waals surface area contributed by atoms with E-state index < -0.39 is 5.97 Å². The minimum atomic E-state index is -0.938. The van der Waals surface area contributed by atoms with Crippen molar-refractivity contribution in [1.29, 1.82) is 0 Å². The Labute approximate surface area is 97.0 Å². The van der Waals surface area contributed by atoms with Crippen LogP contribution in [0.1, 0.15) is 58.3 Å². The van der Waals surface area contributed by atoms with Crippen LogP contribution in [0, 0.1) is 0 Å². The van der Waals surface area contributed by atoms with Gasteiger partial charge in [0.25, 0.3) is 0 Å². The van der Waals surface area contributed by atoms with Crippen molar-refractivity contribution in [3.63, 3.8) is 0 Å². The van der Waals surface area contributed by atoms with Crippen molar-refractivity contribution in [2.24, 2.45) is 0 Å². The summed E-state index contributed by atoms with van der Waals surface area (Å²) in [4.78, 5) is 21.2. The third-order valence-electron chi connectivity index (χ3n) is 2.31. The van der Waals surface area contributed by atoms with Crippen molar-refractivity contribution in [1.82, 2.24) is 0 Å². The second-order valence-corrected chi connectivity index (χ2v) is 3.88. The molecule has 0 heterocycles. The molecule has 0 atom stereocenters. The number of rotatable bonds is 10. The van der Waals surface area contributed by atoms with E-state index >= 15 is 0 Å². The minimum absolute atomic E-state index is 0.00992. The molecule has 0 unspecified atom stereocenters. The van der Waals surface area contributed by atoms with E-state index in [9.17, 15) is 9.59 Å². The van der Waals surface area contributed by atoms with Crippen LogP contribution < -0.4 is 0 Å². The highest BCUT2D eigenvalue weighted by Crippen LogP contribution is 2.07. The van der Waals surface area contributed by atoms with Gasteiger partial charge in [0, 0.05) is 6.42 Å². The lowest BCUT2D eigenvalue weighted by molar-refractivity contribution is -0.146. The van der Waals surface area contributed by atoms with E-state index in [-0.39, 0.29) is 19.0 Å². The Morgan fingerprint density at radius 3 is 2.25 bits per heavy atom. The summed E-state index contributed by atoms with van der Waals surface area (Å²) in [6.45, 7) is 2.16. The van der Waals surface area contributed by atoms with E-state index in [2.05, 4.69) is 6.92 Å².